The average molecular weight is 221 g/mol. The highest BCUT2D eigenvalue weighted by molar-refractivity contribution is 5.78. The monoisotopic (exact) mass is 221 g/mol. The summed E-state index contributed by atoms with van der Waals surface area (Å²) in [7, 11) is 1.76. The van der Waals surface area contributed by atoms with Crippen molar-refractivity contribution < 1.29 is 4.79 Å². The van der Waals surface area contributed by atoms with E-state index in [1.54, 1.807) is 13.2 Å². The molecule has 88 valence electrons. The molecule has 0 spiro atoms. The molecule has 0 atom stereocenters. The molecule has 2 N–H and O–H groups in total. The summed E-state index contributed by atoms with van der Waals surface area (Å²) in [5, 5.41) is 5.79. The van der Waals surface area contributed by atoms with Crippen molar-refractivity contribution in [2.24, 2.45) is 0 Å². The Morgan fingerprint density at radius 3 is 2.75 bits per heavy atom. The Kier molecular flexibility index (Phi) is 4.43. The van der Waals surface area contributed by atoms with E-state index in [9.17, 15) is 4.79 Å². The highest BCUT2D eigenvalue weighted by Crippen LogP contribution is 2.09. The molecule has 1 aromatic heterocycles. The van der Waals surface area contributed by atoms with E-state index < -0.39 is 0 Å². The first-order chi connectivity index (χ1) is 7.53. The maximum absolute atomic E-state index is 11.5. The van der Waals surface area contributed by atoms with E-state index in [0.29, 0.717) is 6.54 Å². The van der Waals surface area contributed by atoms with Crippen molar-refractivity contribution >= 4 is 5.91 Å². The van der Waals surface area contributed by atoms with Crippen LogP contribution in [0.4, 0.5) is 0 Å². The predicted molar refractivity (Wildman–Crippen MR) is 64.1 cm³/mol. The molecule has 0 saturated heterocycles. The molecule has 0 aromatic carbocycles. The fraction of sp³-hybridized carbons (Fsp3) is 0.500. The maximum Gasteiger partial charge on any atom is 0.234 e. The van der Waals surface area contributed by atoms with Crippen LogP contribution in [0.15, 0.2) is 24.4 Å². The van der Waals surface area contributed by atoms with Gasteiger partial charge in [0.2, 0.25) is 5.91 Å². The predicted octanol–water partition coefficient (Wildman–Crippen LogP) is 0.738. The van der Waals surface area contributed by atoms with Crippen molar-refractivity contribution in [2.45, 2.75) is 25.8 Å². The third kappa shape index (κ3) is 4.40. The standard InChI is InChI=1S/C12H19N3O/c1-12(2,15-11(16)9-13-3)8-10-6-4-5-7-14-10/h4-7,13H,8-9H2,1-3H3,(H,15,16). The zero-order valence-corrected chi connectivity index (χ0v) is 10.1. The van der Waals surface area contributed by atoms with Gasteiger partial charge < -0.3 is 10.6 Å². The van der Waals surface area contributed by atoms with E-state index >= 15 is 0 Å². The van der Waals surface area contributed by atoms with E-state index in [2.05, 4.69) is 15.6 Å². The molecule has 1 heterocycles. The fourth-order valence-corrected chi connectivity index (χ4v) is 1.58. The summed E-state index contributed by atoms with van der Waals surface area (Å²) in [5.74, 6) is 0.00318. The highest BCUT2D eigenvalue weighted by atomic mass is 16.2. The number of amides is 1. The zero-order valence-electron chi connectivity index (χ0n) is 10.1. The van der Waals surface area contributed by atoms with Crippen LogP contribution < -0.4 is 10.6 Å². The van der Waals surface area contributed by atoms with Crippen molar-refractivity contribution in [1.82, 2.24) is 15.6 Å². The molecule has 0 fully saturated rings. The third-order valence-electron chi connectivity index (χ3n) is 2.16. The summed E-state index contributed by atoms with van der Waals surface area (Å²) in [6.07, 6.45) is 2.49. The van der Waals surface area contributed by atoms with E-state index in [0.717, 1.165) is 12.1 Å². The van der Waals surface area contributed by atoms with Crippen LogP contribution in [0.3, 0.4) is 0 Å². The van der Waals surface area contributed by atoms with Crippen molar-refractivity contribution in [3.8, 4) is 0 Å². The molecule has 0 aliphatic rings. The van der Waals surface area contributed by atoms with Gasteiger partial charge in [0.25, 0.3) is 0 Å². The van der Waals surface area contributed by atoms with Crippen molar-refractivity contribution in [3.05, 3.63) is 30.1 Å². The molecule has 0 radical (unpaired) electrons. The van der Waals surface area contributed by atoms with Gasteiger partial charge in [-0.05, 0) is 33.0 Å². The molecule has 0 aliphatic heterocycles. The second kappa shape index (κ2) is 5.61. The second-order valence-corrected chi connectivity index (χ2v) is 4.46. The number of hydrogen-bond acceptors (Lipinski definition) is 3. The summed E-state index contributed by atoms with van der Waals surface area (Å²) in [6.45, 7) is 4.33. The van der Waals surface area contributed by atoms with Gasteiger partial charge in [-0.25, -0.2) is 0 Å². The normalized spacial score (nSPS) is 11.2. The molecule has 0 bridgehead atoms. The maximum atomic E-state index is 11.5. The van der Waals surface area contributed by atoms with Gasteiger partial charge in [-0.2, -0.15) is 0 Å². The topological polar surface area (TPSA) is 54.0 Å². The number of likely N-dealkylation sites (N-methyl/N-ethyl adjacent to an activating group) is 1. The summed E-state index contributed by atoms with van der Waals surface area (Å²) in [4.78, 5) is 15.7. The van der Waals surface area contributed by atoms with Gasteiger partial charge in [-0.1, -0.05) is 6.07 Å². The van der Waals surface area contributed by atoms with Crippen LogP contribution in [0.1, 0.15) is 19.5 Å². The Bertz CT molecular complexity index is 335. The number of carbonyl (C=O) groups is 1. The fourth-order valence-electron chi connectivity index (χ4n) is 1.58. The van der Waals surface area contributed by atoms with E-state index in [4.69, 9.17) is 0 Å². The van der Waals surface area contributed by atoms with Crippen molar-refractivity contribution in [2.75, 3.05) is 13.6 Å². The number of rotatable bonds is 5. The van der Waals surface area contributed by atoms with E-state index in [1.165, 1.54) is 0 Å². The van der Waals surface area contributed by atoms with E-state index in [1.807, 2.05) is 32.0 Å². The third-order valence-corrected chi connectivity index (χ3v) is 2.16. The molecular weight excluding hydrogens is 202 g/mol. The number of carbonyl (C=O) groups excluding carboxylic acids is 1. The lowest BCUT2D eigenvalue weighted by Crippen LogP contribution is -2.48. The minimum absolute atomic E-state index is 0.00318. The molecule has 16 heavy (non-hydrogen) atoms. The van der Waals surface area contributed by atoms with Crippen molar-refractivity contribution in [1.29, 1.82) is 0 Å². The Balaban J connectivity index is 2.54. The Labute approximate surface area is 96.5 Å². The lowest BCUT2D eigenvalue weighted by atomic mass is 9.98. The summed E-state index contributed by atoms with van der Waals surface area (Å²) >= 11 is 0. The molecule has 1 aromatic rings. The Morgan fingerprint density at radius 1 is 1.44 bits per heavy atom. The number of nitrogens with zero attached hydrogens (tertiary/aromatic N) is 1. The number of aromatic nitrogens is 1. The van der Waals surface area contributed by atoms with Crippen LogP contribution in [0.2, 0.25) is 0 Å². The molecule has 1 rings (SSSR count). The smallest absolute Gasteiger partial charge is 0.234 e. The van der Waals surface area contributed by atoms with Crippen LogP contribution in [0, 0.1) is 0 Å². The lowest BCUT2D eigenvalue weighted by molar-refractivity contribution is -0.121. The summed E-state index contributed by atoms with van der Waals surface area (Å²) in [6, 6.07) is 5.80. The van der Waals surface area contributed by atoms with Gasteiger partial charge in [0.1, 0.15) is 0 Å². The van der Waals surface area contributed by atoms with Crippen LogP contribution in [0.25, 0.3) is 0 Å². The molecule has 4 heteroatoms. The van der Waals surface area contributed by atoms with Crippen LogP contribution in [-0.4, -0.2) is 30.0 Å². The molecular formula is C12H19N3O. The molecule has 1 amide bonds. The average Bonchev–Trinajstić information content (AvgIpc) is 2.17. The summed E-state index contributed by atoms with van der Waals surface area (Å²) in [5.41, 5.74) is 0.708. The van der Waals surface area contributed by atoms with Crippen LogP contribution >= 0.6 is 0 Å². The molecule has 0 aliphatic carbocycles. The quantitative estimate of drug-likeness (QED) is 0.771. The second-order valence-electron chi connectivity index (χ2n) is 4.46. The first-order valence-corrected chi connectivity index (χ1v) is 5.39. The van der Waals surface area contributed by atoms with Gasteiger partial charge in [-0.3, -0.25) is 9.78 Å². The lowest BCUT2D eigenvalue weighted by Gasteiger charge is -2.26. The van der Waals surface area contributed by atoms with Crippen LogP contribution in [-0.2, 0) is 11.2 Å². The SMILES string of the molecule is CNCC(=O)NC(C)(C)Cc1ccccn1. The summed E-state index contributed by atoms with van der Waals surface area (Å²) < 4.78 is 0. The first-order valence-electron chi connectivity index (χ1n) is 5.39. The first kappa shape index (κ1) is 12.6. The van der Waals surface area contributed by atoms with E-state index in [-0.39, 0.29) is 11.4 Å². The van der Waals surface area contributed by atoms with Gasteiger partial charge >= 0.3 is 0 Å². The van der Waals surface area contributed by atoms with Gasteiger partial charge in [0.15, 0.2) is 0 Å². The molecule has 0 unspecified atom stereocenters. The highest BCUT2D eigenvalue weighted by Gasteiger charge is 2.20. The Morgan fingerprint density at radius 2 is 2.19 bits per heavy atom. The van der Waals surface area contributed by atoms with Gasteiger partial charge in [0.05, 0.1) is 6.54 Å². The minimum Gasteiger partial charge on any atom is -0.350 e. The van der Waals surface area contributed by atoms with Gasteiger partial charge in [0, 0.05) is 23.9 Å². The number of pyridine rings is 1. The molecule has 0 saturated carbocycles. The van der Waals surface area contributed by atoms with Gasteiger partial charge in [-0.15, -0.1) is 0 Å². The molecule has 4 nitrogen and oxygen atoms in total. The number of nitrogens with one attached hydrogen (secondary N) is 2. The number of hydrogen-bond donors (Lipinski definition) is 2. The largest absolute Gasteiger partial charge is 0.350 e. The Hall–Kier alpha value is -1.42. The zero-order chi connectivity index (χ0) is 12.0. The minimum atomic E-state index is -0.276. The van der Waals surface area contributed by atoms with Crippen molar-refractivity contribution in [3.63, 3.8) is 0 Å². The van der Waals surface area contributed by atoms with Crippen LogP contribution in [0.5, 0.6) is 0 Å².